The molecule has 0 saturated carbocycles. The van der Waals surface area contributed by atoms with E-state index in [1.165, 1.54) is 13.0 Å². The fourth-order valence-corrected chi connectivity index (χ4v) is 3.29. The van der Waals surface area contributed by atoms with Crippen molar-refractivity contribution < 1.29 is 23.9 Å². The molecule has 0 fully saturated rings. The molecule has 2 amide bonds. The average Bonchev–Trinajstić information content (AvgIpc) is 2.81. The van der Waals surface area contributed by atoms with Crippen LogP contribution >= 0.6 is 0 Å². The first-order valence-corrected chi connectivity index (χ1v) is 10.5. The van der Waals surface area contributed by atoms with Crippen LogP contribution in [0.1, 0.15) is 34.8 Å². The second-order valence-corrected chi connectivity index (χ2v) is 7.36. The number of benzene rings is 3. The number of hydrogen-bond acceptors (Lipinski definition) is 5. The summed E-state index contributed by atoms with van der Waals surface area (Å²) in [4.78, 5) is 36.0. The van der Waals surface area contributed by atoms with Crippen LogP contribution in [-0.2, 0) is 22.6 Å². The fraction of sp³-hybridized carbons (Fsp3) is 0.192. The summed E-state index contributed by atoms with van der Waals surface area (Å²) in [7, 11) is 1.61. The Kier molecular flexibility index (Phi) is 8.18. The number of nitrogens with one attached hydrogen (secondary N) is 2. The quantitative estimate of drug-likeness (QED) is 0.381. The summed E-state index contributed by atoms with van der Waals surface area (Å²) in [6, 6.07) is 21.3. The van der Waals surface area contributed by atoms with E-state index in [0.29, 0.717) is 29.8 Å². The van der Waals surface area contributed by atoms with E-state index in [1.807, 2.05) is 42.5 Å². The molecule has 0 aliphatic heterocycles. The molecule has 0 bridgehead atoms. The number of para-hydroxylation sites is 1. The van der Waals surface area contributed by atoms with Crippen LogP contribution in [0.2, 0.25) is 0 Å². The maximum atomic E-state index is 12.5. The van der Waals surface area contributed by atoms with E-state index in [2.05, 4.69) is 10.6 Å². The van der Waals surface area contributed by atoms with Crippen molar-refractivity contribution in [1.82, 2.24) is 5.32 Å². The Labute approximate surface area is 192 Å². The van der Waals surface area contributed by atoms with Crippen molar-refractivity contribution in [2.45, 2.75) is 26.3 Å². The summed E-state index contributed by atoms with van der Waals surface area (Å²) < 4.78 is 10.3. The van der Waals surface area contributed by atoms with E-state index >= 15 is 0 Å². The van der Waals surface area contributed by atoms with Crippen molar-refractivity contribution in [3.8, 4) is 11.5 Å². The van der Waals surface area contributed by atoms with Gasteiger partial charge in [0, 0.05) is 31.1 Å². The standard InChI is InChI=1S/C26H26N2O5/c1-18(29)33-23-11-6-9-21(16-23)26(31)27-17-19-7-5-10-22(15-19)28-25(30)14-13-20-8-3-4-12-24(20)32-2/h3-12,15-16H,13-14,17H2,1-2H3,(H,27,31)(H,28,30). The lowest BCUT2D eigenvalue weighted by Gasteiger charge is -2.10. The van der Waals surface area contributed by atoms with Crippen molar-refractivity contribution in [2.75, 3.05) is 12.4 Å². The van der Waals surface area contributed by atoms with Gasteiger partial charge in [-0.3, -0.25) is 14.4 Å². The highest BCUT2D eigenvalue weighted by atomic mass is 16.5. The molecule has 0 spiro atoms. The van der Waals surface area contributed by atoms with Crippen molar-refractivity contribution >= 4 is 23.5 Å². The Hall–Kier alpha value is -4.13. The van der Waals surface area contributed by atoms with Gasteiger partial charge in [-0.15, -0.1) is 0 Å². The lowest BCUT2D eigenvalue weighted by Crippen LogP contribution is -2.23. The second kappa shape index (κ2) is 11.5. The van der Waals surface area contributed by atoms with Crippen LogP contribution in [-0.4, -0.2) is 24.9 Å². The largest absolute Gasteiger partial charge is 0.496 e. The number of carbonyl (C=O) groups excluding carboxylic acids is 3. The van der Waals surface area contributed by atoms with Gasteiger partial charge in [-0.2, -0.15) is 0 Å². The molecule has 2 N–H and O–H groups in total. The normalized spacial score (nSPS) is 10.2. The van der Waals surface area contributed by atoms with Gasteiger partial charge in [-0.1, -0.05) is 36.4 Å². The van der Waals surface area contributed by atoms with Crippen molar-refractivity contribution in [3.63, 3.8) is 0 Å². The van der Waals surface area contributed by atoms with E-state index in [-0.39, 0.29) is 18.4 Å². The van der Waals surface area contributed by atoms with E-state index in [0.717, 1.165) is 16.9 Å². The number of ether oxygens (including phenoxy) is 2. The molecule has 170 valence electrons. The van der Waals surface area contributed by atoms with E-state index < -0.39 is 5.97 Å². The minimum atomic E-state index is -0.450. The Balaban J connectivity index is 1.53. The molecular formula is C26H26N2O5. The molecule has 0 heterocycles. The lowest BCUT2D eigenvalue weighted by molar-refractivity contribution is -0.131. The molecular weight excluding hydrogens is 420 g/mol. The maximum absolute atomic E-state index is 12.5. The SMILES string of the molecule is COc1ccccc1CCC(=O)Nc1cccc(CNC(=O)c2cccc(OC(C)=O)c2)c1. The smallest absolute Gasteiger partial charge is 0.308 e. The highest BCUT2D eigenvalue weighted by Gasteiger charge is 2.09. The van der Waals surface area contributed by atoms with Gasteiger partial charge in [0.1, 0.15) is 11.5 Å². The summed E-state index contributed by atoms with van der Waals surface area (Å²) >= 11 is 0. The molecule has 0 aromatic heterocycles. The molecule has 0 aliphatic carbocycles. The van der Waals surface area contributed by atoms with Crippen LogP contribution in [0, 0.1) is 0 Å². The fourth-order valence-electron chi connectivity index (χ4n) is 3.29. The molecule has 0 atom stereocenters. The van der Waals surface area contributed by atoms with E-state index in [4.69, 9.17) is 9.47 Å². The summed E-state index contributed by atoms with van der Waals surface area (Å²) in [5.41, 5.74) is 2.85. The highest BCUT2D eigenvalue weighted by Crippen LogP contribution is 2.19. The summed E-state index contributed by atoms with van der Waals surface area (Å²) in [5, 5.41) is 5.72. The monoisotopic (exact) mass is 446 g/mol. The molecule has 7 heteroatoms. The number of hydrogen-bond donors (Lipinski definition) is 2. The molecule has 0 saturated heterocycles. The highest BCUT2D eigenvalue weighted by molar-refractivity contribution is 5.94. The van der Waals surface area contributed by atoms with Crippen LogP contribution in [0.4, 0.5) is 5.69 Å². The van der Waals surface area contributed by atoms with Gasteiger partial charge in [0.05, 0.1) is 7.11 Å². The second-order valence-electron chi connectivity index (χ2n) is 7.36. The zero-order chi connectivity index (χ0) is 23.6. The van der Waals surface area contributed by atoms with Gasteiger partial charge in [-0.05, 0) is 53.9 Å². The molecule has 3 rings (SSSR count). The van der Waals surface area contributed by atoms with Gasteiger partial charge < -0.3 is 20.1 Å². The van der Waals surface area contributed by atoms with Crippen LogP contribution in [0.25, 0.3) is 0 Å². The van der Waals surface area contributed by atoms with Gasteiger partial charge in [0.15, 0.2) is 0 Å². The number of aryl methyl sites for hydroxylation is 1. The van der Waals surface area contributed by atoms with E-state index in [1.54, 1.807) is 31.4 Å². The number of rotatable bonds is 9. The lowest BCUT2D eigenvalue weighted by atomic mass is 10.1. The first-order valence-electron chi connectivity index (χ1n) is 10.5. The van der Waals surface area contributed by atoms with Crippen LogP contribution < -0.4 is 20.1 Å². The first kappa shape index (κ1) is 23.5. The van der Waals surface area contributed by atoms with Gasteiger partial charge >= 0.3 is 5.97 Å². The van der Waals surface area contributed by atoms with Crippen molar-refractivity contribution in [1.29, 1.82) is 0 Å². The first-order chi connectivity index (χ1) is 15.9. The molecule has 33 heavy (non-hydrogen) atoms. The summed E-state index contributed by atoms with van der Waals surface area (Å²) in [5.74, 6) is 0.225. The Morgan fingerprint density at radius 1 is 0.909 bits per heavy atom. The molecule has 0 aliphatic rings. The maximum Gasteiger partial charge on any atom is 0.308 e. The molecule has 7 nitrogen and oxygen atoms in total. The Morgan fingerprint density at radius 2 is 1.70 bits per heavy atom. The average molecular weight is 447 g/mol. The van der Waals surface area contributed by atoms with Gasteiger partial charge in [-0.25, -0.2) is 0 Å². The predicted molar refractivity (Wildman–Crippen MR) is 125 cm³/mol. The molecule has 3 aromatic rings. The third-order valence-electron chi connectivity index (χ3n) is 4.84. The van der Waals surface area contributed by atoms with Crippen LogP contribution in [0.15, 0.2) is 72.8 Å². The topological polar surface area (TPSA) is 93.7 Å². The Morgan fingerprint density at radius 3 is 2.48 bits per heavy atom. The zero-order valence-corrected chi connectivity index (χ0v) is 18.6. The minimum Gasteiger partial charge on any atom is -0.496 e. The van der Waals surface area contributed by atoms with Crippen LogP contribution in [0.3, 0.4) is 0 Å². The Bertz CT molecular complexity index is 1140. The minimum absolute atomic E-state index is 0.107. The van der Waals surface area contributed by atoms with Gasteiger partial charge in [0.2, 0.25) is 5.91 Å². The van der Waals surface area contributed by atoms with Crippen molar-refractivity contribution in [2.24, 2.45) is 0 Å². The molecule has 3 aromatic carbocycles. The number of methoxy groups -OCH3 is 1. The third kappa shape index (κ3) is 7.21. The number of esters is 1. The van der Waals surface area contributed by atoms with Gasteiger partial charge in [0.25, 0.3) is 5.91 Å². The predicted octanol–water partition coefficient (Wildman–Crippen LogP) is 4.12. The number of anilines is 1. The third-order valence-corrected chi connectivity index (χ3v) is 4.84. The molecule has 0 unspecified atom stereocenters. The van der Waals surface area contributed by atoms with Crippen LogP contribution in [0.5, 0.6) is 11.5 Å². The van der Waals surface area contributed by atoms with E-state index in [9.17, 15) is 14.4 Å². The summed E-state index contributed by atoms with van der Waals surface area (Å²) in [6.45, 7) is 1.58. The van der Waals surface area contributed by atoms with Crippen molar-refractivity contribution in [3.05, 3.63) is 89.5 Å². The number of amides is 2. The zero-order valence-electron chi connectivity index (χ0n) is 18.6. The number of carbonyl (C=O) groups is 3. The molecule has 0 radical (unpaired) electrons. The summed E-state index contributed by atoms with van der Waals surface area (Å²) in [6.07, 6.45) is 0.887.